The SMILES string of the molecule is CS(=O)(=O)c1ccc(N2CCC(CO)CC2)c([N+](=O)[O-])c1. The maximum absolute atomic E-state index is 11.5. The molecule has 1 aliphatic heterocycles. The van der Waals surface area contributed by atoms with Crippen molar-refractivity contribution in [1.82, 2.24) is 0 Å². The lowest BCUT2D eigenvalue weighted by Crippen LogP contribution is -2.35. The van der Waals surface area contributed by atoms with Gasteiger partial charge >= 0.3 is 0 Å². The third-order valence-corrected chi connectivity index (χ3v) is 4.90. The van der Waals surface area contributed by atoms with Crippen molar-refractivity contribution >= 4 is 21.2 Å². The highest BCUT2D eigenvalue weighted by molar-refractivity contribution is 7.90. The maximum Gasteiger partial charge on any atom is 0.293 e. The van der Waals surface area contributed by atoms with Crippen molar-refractivity contribution in [3.05, 3.63) is 28.3 Å². The van der Waals surface area contributed by atoms with Crippen molar-refractivity contribution in [3.8, 4) is 0 Å². The molecule has 0 aliphatic carbocycles. The van der Waals surface area contributed by atoms with Crippen molar-refractivity contribution < 1.29 is 18.4 Å². The standard InChI is InChI=1S/C13H18N2O5S/c1-21(19,20)11-2-3-12(13(8-11)15(17)18)14-6-4-10(9-16)5-7-14/h2-3,8,10,16H,4-7,9H2,1H3. The smallest absolute Gasteiger partial charge is 0.293 e. The molecule has 0 bridgehead atoms. The van der Waals surface area contributed by atoms with Crippen LogP contribution >= 0.6 is 0 Å². The predicted molar refractivity (Wildman–Crippen MR) is 78.2 cm³/mol. The van der Waals surface area contributed by atoms with E-state index in [0.717, 1.165) is 25.2 Å². The van der Waals surface area contributed by atoms with Gasteiger partial charge in [-0.3, -0.25) is 10.1 Å². The summed E-state index contributed by atoms with van der Waals surface area (Å²) in [5.41, 5.74) is 0.240. The third-order valence-electron chi connectivity index (χ3n) is 3.79. The van der Waals surface area contributed by atoms with E-state index in [1.165, 1.54) is 12.1 Å². The number of anilines is 1. The van der Waals surface area contributed by atoms with E-state index in [-0.39, 0.29) is 23.1 Å². The Balaban J connectivity index is 2.34. The van der Waals surface area contributed by atoms with E-state index in [0.29, 0.717) is 18.8 Å². The Morgan fingerprint density at radius 2 is 2.00 bits per heavy atom. The summed E-state index contributed by atoms with van der Waals surface area (Å²) in [4.78, 5) is 12.5. The van der Waals surface area contributed by atoms with Gasteiger partial charge in [0.15, 0.2) is 9.84 Å². The number of nitrogens with zero attached hydrogens (tertiary/aromatic N) is 2. The number of piperidine rings is 1. The number of benzene rings is 1. The molecule has 1 N–H and O–H groups in total. The van der Waals surface area contributed by atoms with E-state index in [4.69, 9.17) is 5.11 Å². The maximum atomic E-state index is 11.5. The molecule has 1 aromatic rings. The van der Waals surface area contributed by atoms with Crippen LogP contribution in [0.4, 0.5) is 11.4 Å². The molecule has 0 atom stereocenters. The molecule has 8 heteroatoms. The minimum absolute atomic E-state index is 0.0526. The number of hydrogen-bond acceptors (Lipinski definition) is 6. The number of nitro benzene ring substituents is 1. The second-order valence-corrected chi connectivity index (χ2v) is 7.31. The number of aliphatic hydroxyl groups is 1. The Bertz CT molecular complexity index is 636. The summed E-state index contributed by atoms with van der Waals surface area (Å²) in [5.74, 6) is 0.232. The molecule has 0 saturated carbocycles. The van der Waals surface area contributed by atoms with Crippen LogP contribution in [0.25, 0.3) is 0 Å². The molecule has 2 rings (SSSR count). The first kappa shape index (κ1) is 15.7. The molecule has 1 fully saturated rings. The first-order valence-corrected chi connectivity index (χ1v) is 8.56. The zero-order chi connectivity index (χ0) is 15.6. The monoisotopic (exact) mass is 314 g/mol. The lowest BCUT2D eigenvalue weighted by atomic mass is 9.97. The molecule has 7 nitrogen and oxygen atoms in total. The highest BCUT2D eigenvalue weighted by Gasteiger charge is 2.26. The number of nitro groups is 1. The molecule has 0 amide bonds. The Morgan fingerprint density at radius 3 is 2.48 bits per heavy atom. The van der Waals surface area contributed by atoms with E-state index in [9.17, 15) is 18.5 Å². The van der Waals surface area contributed by atoms with Crippen LogP contribution < -0.4 is 4.90 Å². The van der Waals surface area contributed by atoms with Crippen LogP contribution in [0, 0.1) is 16.0 Å². The largest absolute Gasteiger partial charge is 0.396 e. The van der Waals surface area contributed by atoms with Gasteiger partial charge in [0.05, 0.1) is 9.82 Å². The quantitative estimate of drug-likeness (QED) is 0.662. The van der Waals surface area contributed by atoms with Crippen LogP contribution in [0.2, 0.25) is 0 Å². The number of sulfone groups is 1. The van der Waals surface area contributed by atoms with Gasteiger partial charge in [-0.25, -0.2) is 8.42 Å². The summed E-state index contributed by atoms with van der Waals surface area (Å²) in [6.45, 7) is 1.36. The van der Waals surface area contributed by atoms with Gasteiger partial charge in [0.1, 0.15) is 5.69 Å². The van der Waals surface area contributed by atoms with Gasteiger partial charge in [-0.1, -0.05) is 0 Å². The second-order valence-electron chi connectivity index (χ2n) is 5.29. The van der Waals surface area contributed by atoms with Gasteiger partial charge < -0.3 is 10.0 Å². The van der Waals surface area contributed by atoms with Crippen molar-refractivity contribution in [1.29, 1.82) is 0 Å². The van der Waals surface area contributed by atoms with Crippen molar-refractivity contribution in [2.45, 2.75) is 17.7 Å². The average Bonchev–Trinajstić information content (AvgIpc) is 2.45. The van der Waals surface area contributed by atoms with Gasteiger partial charge in [0.2, 0.25) is 0 Å². The first-order valence-electron chi connectivity index (χ1n) is 6.67. The molecule has 1 heterocycles. The highest BCUT2D eigenvalue weighted by Crippen LogP contribution is 2.33. The molecule has 1 saturated heterocycles. The van der Waals surface area contributed by atoms with Crippen molar-refractivity contribution in [3.63, 3.8) is 0 Å². The molecule has 0 spiro atoms. The fourth-order valence-electron chi connectivity index (χ4n) is 2.50. The van der Waals surface area contributed by atoms with Gasteiger partial charge in [-0.15, -0.1) is 0 Å². The van der Waals surface area contributed by atoms with Crippen LogP contribution in [0.5, 0.6) is 0 Å². The molecule has 0 radical (unpaired) electrons. The fourth-order valence-corrected chi connectivity index (χ4v) is 3.14. The summed E-state index contributed by atoms with van der Waals surface area (Å²) < 4.78 is 23.0. The second kappa shape index (κ2) is 5.98. The topological polar surface area (TPSA) is 101 Å². The molecule has 0 aromatic heterocycles. The Kier molecular flexibility index (Phi) is 4.48. The number of hydrogen-bond donors (Lipinski definition) is 1. The summed E-state index contributed by atoms with van der Waals surface area (Å²) in [7, 11) is -3.48. The lowest BCUT2D eigenvalue weighted by molar-refractivity contribution is -0.384. The van der Waals surface area contributed by atoms with Crippen LogP contribution in [0.1, 0.15) is 12.8 Å². The first-order chi connectivity index (χ1) is 9.82. The normalized spacial score (nSPS) is 17.0. The van der Waals surface area contributed by atoms with Crippen LogP contribution in [0.15, 0.2) is 23.1 Å². The van der Waals surface area contributed by atoms with Gasteiger partial charge in [-0.2, -0.15) is 0 Å². The molecule has 116 valence electrons. The Hall–Kier alpha value is -1.67. The third kappa shape index (κ3) is 3.51. The average molecular weight is 314 g/mol. The van der Waals surface area contributed by atoms with Crippen LogP contribution in [-0.4, -0.2) is 44.4 Å². The minimum atomic E-state index is -3.48. The zero-order valence-electron chi connectivity index (χ0n) is 11.7. The predicted octanol–water partition coefficient (Wildman–Crippen LogP) is 1.21. The number of aliphatic hydroxyl groups excluding tert-OH is 1. The van der Waals surface area contributed by atoms with E-state index in [2.05, 4.69) is 0 Å². The summed E-state index contributed by atoms with van der Waals surface area (Å²) in [6, 6.07) is 4.01. The molecular weight excluding hydrogens is 296 g/mol. The Labute approximate surface area is 123 Å². The van der Waals surface area contributed by atoms with Crippen LogP contribution in [0.3, 0.4) is 0 Å². The van der Waals surface area contributed by atoms with E-state index < -0.39 is 14.8 Å². The van der Waals surface area contributed by atoms with Gasteiger partial charge in [0, 0.05) is 32.0 Å². The lowest BCUT2D eigenvalue weighted by Gasteiger charge is -2.32. The van der Waals surface area contributed by atoms with Crippen molar-refractivity contribution in [2.24, 2.45) is 5.92 Å². The zero-order valence-corrected chi connectivity index (χ0v) is 12.5. The molecular formula is C13H18N2O5S. The summed E-state index contributed by atoms with van der Waals surface area (Å²) >= 11 is 0. The van der Waals surface area contributed by atoms with E-state index in [1.807, 2.05) is 4.90 Å². The Morgan fingerprint density at radius 1 is 1.38 bits per heavy atom. The van der Waals surface area contributed by atoms with E-state index >= 15 is 0 Å². The molecule has 21 heavy (non-hydrogen) atoms. The summed E-state index contributed by atoms with van der Waals surface area (Å²) in [6.07, 6.45) is 2.56. The van der Waals surface area contributed by atoms with Gasteiger partial charge in [-0.05, 0) is 30.9 Å². The highest BCUT2D eigenvalue weighted by atomic mass is 32.2. The summed E-state index contributed by atoms with van der Waals surface area (Å²) in [5, 5.41) is 20.3. The molecule has 1 aromatic carbocycles. The van der Waals surface area contributed by atoms with Crippen LogP contribution in [-0.2, 0) is 9.84 Å². The molecule has 0 unspecified atom stereocenters. The molecule has 1 aliphatic rings. The van der Waals surface area contributed by atoms with Gasteiger partial charge in [0.25, 0.3) is 5.69 Å². The van der Waals surface area contributed by atoms with E-state index in [1.54, 1.807) is 0 Å². The number of rotatable bonds is 4. The minimum Gasteiger partial charge on any atom is -0.396 e. The fraction of sp³-hybridized carbons (Fsp3) is 0.538. The van der Waals surface area contributed by atoms with Crippen molar-refractivity contribution in [2.75, 3.05) is 30.9 Å².